The number of aryl methyl sites for hydroxylation is 1. The summed E-state index contributed by atoms with van der Waals surface area (Å²) in [4.78, 5) is 14.5. The second-order valence-corrected chi connectivity index (χ2v) is 5.64. The maximum atomic E-state index is 12.4. The first kappa shape index (κ1) is 15.0. The van der Waals surface area contributed by atoms with Crippen molar-refractivity contribution in [1.29, 1.82) is 0 Å². The lowest BCUT2D eigenvalue weighted by atomic mass is 10.0. The molecule has 0 bridgehead atoms. The Morgan fingerprint density at radius 2 is 1.17 bits per heavy atom. The van der Waals surface area contributed by atoms with Gasteiger partial charge >= 0.3 is 0 Å². The molecule has 0 aliphatic carbocycles. The molecule has 0 unspecified atom stereocenters. The molecule has 3 aromatic rings. The van der Waals surface area contributed by atoms with Crippen LogP contribution in [0, 0.1) is 6.92 Å². The van der Waals surface area contributed by atoms with Crippen molar-refractivity contribution in [3.8, 4) is 0 Å². The molecule has 0 spiro atoms. The van der Waals surface area contributed by atoms with Gasteiger partial charge in [0.05, 0.1) is 0 Å². The zero-order valence-corrected chi connectivity index (χ0v) is 13.4. The highest BCUT2D eigenvalue weighted by molar-refractivity contribution is 6.09. The number of nitrogens with zero attached hydrogens (tertiary/aromatic N) is 1. The van der Waals surface area contributed by atoms with Gasteiger partial charge in [0.15, 0.2) is 5.78 Å². The summed E-state index contributed by atoms with van der Waals surface area (Å²) < 4.78 is 0. The predicted molar refractivity (Wildman–Crippen MR) is 95.6 cm³/mol. The Bertz CT molecular complexity index is 790. The molecule has 0 saturated carbocycles. The van der Waals surface area contributed by atoms with Crippen LogP contribution >= 0.6 is 0 Å². The molecule has 114 valence electrons. The van der Waals surface area contributed by atoms with Gasteiger partial charge in [-0.2, -0.15) is 0 Å². The Balaban J connectivity index is 1.82. The van der Waals surface area contributed by atoms with Gasteiger partial charge < -0.3 is 4.90 Å². The van der Waals surface area contributed by atoms with Gasteiger partial charge in [-0.1, -0.05) is 48.0 Å². The predicted octanol–water partition coefficient (Wildman–Crippen LogP) is 4.99. The molecule has 2 nitrogen and oxygen atoms in total. The number of hydrogen-bond acceptors (Lipinski definition) is 2. The third kappa shape index (κ3) is 3.32. The number of rotatable bonds is 4. The first-order valence-corrected chi connectivity index (χ1v) is 7.65. The van der Waals surface area contributed by atoms with Crippen molar-refractivity contribution in [2.75, 3.05) is 11.9 Å². The molecule has 0 aliphatic rings. The zero-order chi connectivity index (χ0) is 16.2. The number of hydrogen-bond donors (Lipinski definition) is 0. The van der Waals surface area contributed by atoms with Crippen molar-refractivity contribution in [3.63, 3.8) is 0 Å². The van der Waals surface area contributed by atoms with Crippen LogP contribution in [0.25, 0.3) is 0 Å². The van der Waals surface area contributed by atoms with E-state index in [1.54, 1.807) is 0 Å². The third-order valence-corrected chi connectivity index (χ3v) is 3.97. The topological polar surface area (TPSA) is 20.3 Å². The molecule has 3 rings (SSSR count). The second-order valence-electron chi connectivity index (χ2n) is 5.64. The molecule has 3 aromatic carbocycles. The minimum absolute atomic E-state index is 0.0511. The van der Waals surface area contributed by atoms with E-state index in [-0.39, 0.29) is 5.78 Å². The van der Waals surface area contributed by atoms with E-state index < -0.39 is 0 Å². The summed E-state index contributed by atoms with van der Waals surface area (Å²) in [5.74, 6) is 0.0511. The molecule has 0 aliphatic heterocycles. The Morgan fingerprint density at radius 3 is 1.74 bits per heavy atom. The van der Waals surface area contributed by atoms with Gasteiger partial charge in [-0.3, -0.25) is 4.79 Å². The van der Waals surface area contributed by atoms with E-state index in [9.17, 15) is 4.79 Å². The summed E-state index contributed by atoms with van der Waals surface area (Å²) in [6.45, 7) is 2.08. The normalized spacial score (nSPS) is 10.3. The fraction of sp³-hybridized carbons (Fsp3) is 0.0952. The summed E-state index contributed by atoms with van der Waals surface area (Å²) in [5.41, 5.74) is 4.84. The smallest absolute Gasteiger partial charge is 0.193 e. The number of ketones is 1. The molecular weight excluding hydrogens is 282 g/mol. The molecule has 0 radical (unpaired) electrons. The van der Waals surface area contributed by atoms with E-state index in [4.69, 9.17) is 0 Å². The maximum Gasteiger partial charge on any atom is 0.193 e. The van der Waals surface area contributed by atoms with Gasteiger partial charge in [-0.05, 0) is 43.3 Å². The average molecular weight is 301 g/mol. The largest absolute Gasteiger partial charge is 0.345 e. The molecule has 0 N–H and O–H groups in total. The van der Waals surface area contributed by atoms with Crippen LogP contribution < -0.4 is 4.90 Å². The van der Waals surface area contributed by atoms with Crippen molar-refractivity contribution in [1.82, 2.24) is 0 Å². The fourth-order valence-corrected chi connectivity index (χ4v) is 2.51. The summed E-state index contributed by atoms with van der Waals surface area (Å²) in [7, 11) is 2.03. The van der Waals surface area contributed by atoms with Crippen LogP contribution in [0.3, 0.4) is 0 Å². The molecule has 0 amide bonds. The van der Waals surface area contributed by atoms with Gasteiger partial charge in [-0.25, -0.2) is 0 Å². The Hall–Kier alpha value is -2.87. The molecule has 0 fully saturated rings. The molecule has 0 aromatic heterocycles. The van der Waals surface area contributed by atoms with Crippen LogP contribution in [-0.2, 0) is 0 Å². The number of carbonyl (C=O) groups excluding carboxylic acids is 1. The number of anilines is 2. The van der Waals surface area contributed by atoms with Crippen molar-refractivity contribution in [3.05, 3.63) is 95.6 Å². The van der Waals surface area contributed by atoms with Gasteiger partial charge in [0.2, 0.25) is 0 Å². The highest BCUT2D eigenvalue weighted by Crippen LogP contribution is 2.24. The highest BCUT2D eigenvalue weighted by atomic mass is 16.1. The summed E-state index contributed by atoms with van der Waals surface area (Å²) in [6.07, 6.45) is 0. The summed E-state index contributed by atoms with van der Waals surface area (Å²) >= 11 is 0. The Labute approximate surface area is 137 Å². The van der Waals surface area contributed by atoms with Crippen LogP contribution in [0.2, 0.25) is 0 Å². The SMILES string of the molecule is Cc1ccc(N(C)c2ccc(C(=O)c3ccccc3)cc2)cc1. The van der Waals surface area contributed by atoms with Crippen LogP contribution in [0.1, 0.15) is 21.5 Å². The van der Waals surface area contributed by atoms with Crippen LogP contribution in [0.5, 0.6) is 0 Å². The van der Waals surface area contributed by atoms with Crippen molar-refractivity contribution in [2.45, 2.75) is 6.92 Å². The minimum atomic E-state index is 0.0511. The quantitative estimate of drug-likeness (QED) is 0.632. The van der Waals surface area contributed by atoms with Crippen molar-refractivity contribution < 1.29 is 4.79 Å². The molecular formula is C21H19NO. The molecule has 0 heterocycles. The minimum Gasteiger partial charge on any atom is -0.345 e. The first-order valence-electron chi connectivity index (χ1n) is 7.65. The van der Waals surface area contributed by atoms with E-state index in [2.05, 4.69) is 36.1 Å². The van der Waals surface area contributed by atoms with Gasteiger partial charge in [0.25, 0.3) is 0 Å². The standard InChI is InChI=1S/C21H19NO/c1-16-8-12-19(13-9-16)22(2)20-14-10-18(11-15-20)21(23)17-6-4-3-5-7-17/h3-15H,1-2H3. The Kier molecular flexibility index (Phi) is 4.24. The van der Waals surface area contributed by atoms with E-state index in [1.807, 2.05) is 61.6 Å². The maximum absolute atomic E-state index is 12.4. The number of benzene rings is 3. The molecule has 0 atom stereocenters. The van der Waals surface area contributed by atoms with E-state index in [0.717, 1.165) is 11.4 Å². The van der Waals surface area contributed by atoms with Crippen LogP contribution in [-0.4, -0.2) is 12.8 Å². The fourth-order valence-electron chi connectivity index (χ4n) is 2.51. The first-order chi connectivity index (χ1) is 11.1. The Morgan fingerprint density at radius 1 is 0.696 bits per heavy atom. The molecule has 2 heteroatoms. The highest BCUT2D eigenvalue weighted by Gasteiger charge is 2.09. The lowest BCUT2D eigenvalue weighted by molar-refractivity contribution is 0.103. The van der Waals surface area contributed by atoms with Crippen LogP contribution in [0.4, 0.5) is 11.4 Å². The zero-order valence-electron chi connectivity index (χ0n) is 13.4. The van der Waals surface area contributed by atoms with E-state index >= 15 is 0 Å². The number of carbonyl (C=O) groups is 1. The van der Waals surface area contributed by atoms with E-state index in [0.29, 0.717) is 11.1 Å². The van der Waals surface area contributed by atoms with E-state index in [1.165, 1.54) is 5.56 Å². The van der Waals surface area contributed by atoms with Crippen molar-refractivity contribution in [2.24, 2.45) is 0 Å². The average Bonchev–Trinajstić information content (AvgIpc) is 2.62. The summed E-state index contributed by atoms with van der Waals surface area (Å²) in [5, 5.41) is 0. The summed E-state index contributed by atoms with van der Waals surface area (Å²) in [6, 6.07) is 25.5. The lowest BCUT2D eigenvalue weighted by Crippen LogP contribution is -2.09. The van der Waals surface area contributed by atoms with Gasteiger partial charge in [0, 0.05) is 29.5 Å². The van der Waals surface area contributed by atoms with Crippen molar-refractivity contribution >= 4 is 17.2 Å². The molecule has 23 heavy (non-hydrogen) atoms. The second kappa shape index (κ2) is 6.49. The van der Waals surface area contributed by atoms with Crippen LogP contribution in [0.15, 0.2) is 78.9 Å². The van der Waals surface area contributed by atoms with Gasteiger partial charge in [-0.15, -0.1) is 0 Å². The van der Waals surface area contributed by atoms with Gasteiger partial charge in [0.1, 0.15) is 0 Å². The third-order valence-electron chi connectivity index (χ3n) is 3.97. The monoisotopic (exact) mass is 301 g/mol. The lowest BCUT2D eigenvalue weighted by Gasteiger charge is -2.20. The molecule has 0 saturated heterocycles.